The van der Waals surface area contributed by atoms with Gasteiger partial charge in [0.2, 0.25) is 0 Å². The van der Waals surface area contributed by atoms with Crippen LogP contribution in [0.15, 0.2) is 54.9 Å². The molecule has 5 rings (SSSR count). The topological polar surface area (TPSA) is 61.3 Å². The predicted octanol–water partition coefficient (Wildman–Crippen LogP) is 6.06. The molecule has 1 aliphatic heterocycles. The first-order valence-electron chi connectivity index (χ1n) is 9.97. The summed E-state index contributed by atoms with van der Waals surface area (Å²) < 4.78 is 0.952. The van der Waals surface area contributed by atoms with Gasteiger partial charge >= 0.3 is 0 Å². The molecule has 7 heteroatoms. The zero-order valence-electron chi connectivity index (χ0n) is 16.3. The Hall–Kier alpha value is -2.67. The fraction of sp³-hybridized carbons (Fsp3) is 0.217. The lowest BCUT2D eigenvalue weighted by atomic mass is 10.1. The normalized spacial score (nSPS) is 14.4. The Bertz CT molecular complexity index is 1190. The summed E-state index contributed by atoms with van der Waals surface area (Å²) in [6.45, 7) is 3.43. The Labute approximate surface area is 184 Å². The average molecular weight is 437 g/mol. The zero-order valence-corrected chi connectivity index (χ0v) is 17.9. The Kier molecular flexibility index (Phi) is 5.29. The molecular weight excluding hydrogens is 416 g/mol. The van der Waals surface area contributed by atoms with Gasteiger partial charge in [-0.25, -0.2) is 9.97 Å². The summed E-state index contributed by atoms with van der Waals surface area (Å²) in [4.78, 5) is 12.5. The number of fused-ring (bicyclic) bond motifs is 1. The van der Waals surface area contributed by atoms with E-state index in [0.29, 0.717) is 16.5 Å². The standard InChI is InChI=1S/C23H21ClN4OS/c24-18-8-7-17(29)11-19(18)27-23-22-20(25-14-26-23)12-21(30-22)16-5-3-15(4-6-16)13-28-9-1-2-10-28/h3-8,11-12,14,29H,1-2,9-10,13H2,(H,25,26,27). The summed E-state index contributed by atoms with van der Waals surface area (Å²) in [6.07, 6.45) is 4.16. The van der Waals surface area contributed by atoms with Crippen molar-refractivity contribution in [2.45, 2.75) is 19.4 Å². The third-order valence-corrected chi connectivity index (χ3v) is 6.87. The third-order valence-electron chi connectivity index (χ3n) is 5.36. The smallest absolute Gasteiger partial charge is 0.151 e. The predicted molar refractivity (Wildman–Crippen MR) is 124 cm³/mol. The van der Waals surface area contributed by atoms with Crippen molar-refractivity contribution in [3.05, 3.63) is 65.4 Å². The molecule has 3 heterocycles. The van der Waals surface area contributed by atoms with Crippen molar-refractivity contribution < 1.29 is 5.11 Å². The molecule has 5 nitrogen and oxygen atoms in total. The minimum atomic E-state index is 0.146. The maximum atomic E-state index is 9.76. The van der Waals surface area contributed by atoms with Crippen LogP contribution >= 0.6 is 22.9 Å². The van der Waals surface area contributed by atoms with Crippen LogP contribution in [-0.2, 0) is 6.54 Å². The van der Waals surface area contributed by atoms with E-state index >= 15 is 0 Å². The highest BCUT2D eigenvalue weighted by Crippen LogP contribution is 2.38. The van der Waals surface area contributed by atoms with Gasteiger partial charge in [0, 0.05) is 17.5 Å². The number of nitrogens with one attached hydrogen (secondary N) is 1. The van der Waals surface area contributed by atoms with E-state index in [2.05, 4.69) is 50.5 Å². The number of aromatic nitrogens is 2. The second kappa shape index (κ2) is 8.22. The lowest BCUT2D eigenvalue weighted by Gasteiger charge is -2.14. The maximum Gasteiger partial charge on any atom is 0.151 e. The summed E-state index contributed by atoms with van der Waals surface area (Å²) in [7, 11) is 0. The number of rotatable bonds is 5. The first-order valence-corrected chi connectivity index (χ1v) is 11.2. The van der Waals surface area contributed by atoms with Gasteiger partial charge in [0.05, 0.1) is 20.9 Å². The van der Waals surface area contributed by atoms with Crippen molar-refractivity contribution >= 4 is 44.7 Å². The number of likely N-dealkylation sites (tertiary alicyclic amines) is 1. The Morgan fingerprint density at radius 1 is 1.03 bits per heavy atom. The second-order valence-corrected chi connectivity index (χ2v) is 8.98. The highest BCUT2D eigenvalue weighted by atomic mass is 35.5. The van der Waals surface area contributed by atoms with Gasteiger partial charge in [-0.2, -0.15) is 0 Å². The summed E-state index contributed by atoms with van der Waals surface area (Å²) in [5.74, 6) is 0.822. The number of hydrogen-bond donors (Lipinski definition) is 2. The molecule has 0 saturated carbocycles. The molecule has 1 aliphatic rings. The minimum absolute atomic E-state index is 0.146. The summed E-state index contributed by atoms with van der Waals surface area (Å²) >= 11 is 7.90. The van der Waals surface area contributed by atoms with Crippen molar-refractivity contribution in [1.82, 2.24) is 14.9 Å². The molecule has 2 N–H and O–H groups in total. The first kappa shape index (κ1) is 19.3. The molecule has 0 atom stereocenters. The third kappa shape index (κ3) is 3.99. The van der Waals surface area contributed by atoms with Crippen molar-refractivity contribution in [1.29, 1.82) is 0 Å². The van der Waals surface area contributed by atoms with Crippen LogP contribution in [0.3, 0.4) is 0 Å². The van der Waals surface area contributed by atoms with Gasteiger partial charge in [0.15, 0.2) is 5.82 Å². The van der Waals surface area contributed by atoms with Gasteiger partial charge in [-0.05, 0) is 55.3 Å². The molecule has 2 aromatic carbocycles. The molecule has 0 amide bonds. The molecule has 30 heavy (non-hydrogen) atoms. The molecule has 2 aromatic heterocycles. The average Bonchev–Trinajstić information content (AvgIpc) is 3.41. The molecule has 0 bridgehead atoms. The number of phenolic OH excluding ortho intramolecular Hbond substituents is 1. The van der Waals surface area contributed by atoms with Crippen molar-refractivity contribution in [2.24, 2.45) is 0 Å². The molecule has 0 spiro atoms. The maximum absolute atomic E-state index is 9.76. The lowest BCUT2D eigenvalue weighted by molar-refractivity contribution is 0.331. The fourth-order valence-corrected chi connectivity index (χ4v) is 5.02. The number of thiophene rings is 1. The van der Waals surface area contributed by atoms with Gasteiger partial charge in [0.1, 0.15) is 12.1 Å². The Morgan fingerprint density at radius 3 is 2.63 bits per heavy atom. The van der Waals surface area contributed by atoms with Crippen LogP contribution < -0.4 is 5.32 Å². The molecule has 4 aromatic rings. The highest BCUT2D eigenvalue weighted by Gasteiger charge is 2.14. The Balaban J connectivity index is 1.42. The zero-order chi connectivity index (χ0) is 20.5. The SMILES string of the molecule is Oc1ccc(Cl)c(Nc2ncnc3cc(-c4ccc(CN5CCCC5)cc4)sc23)c1. The van der Waals surface area contributed by atoms with Crippen molar-refractivity contribution in [3.8, 4) is 16.2 Å². The molecule has 1 fully saturated rings. The lowest BCUT2D eigenvalue weighted by Crippen LogP contribution is -2.18. The molecule has 0 unspecified atom stereocenters. The largest absolute Gasteiger partial charge is 0.508 e. The van der Waals surface area contributed by atoms with E-state index in [1.54, 1.807) is 29.5 Å². The van der Waals surface area contributed by atoms with E-state index in [4.69, 9.17) is 11.6 Å². The molecule has 0 radical (unpaired) electrons. The van der Waals surface area contributed by atoms with Crippen LogP contribution in [0.4, 0.5) is 11.5 Å². The number of phenols is 1. The van der Waals surface area contributed by atoms with Crippen LogP contribution in [0.2, 0.25) is 5.02 Å². The minimum Gasteiger partial charge on any atom is -0.508 e. The second-order valence-electron chi connectivity index (χ2n) is 7.52. The number of aromatic hydroxyl groups is 1. The number of anilines is 2. The van der Waals surface area contributed by atoms with Gasteiger partial charge in [-0.1, -0.05) is 35.9 Å². The molecular formula is C23H21ClN4OS. The van der Waals surface area contributed by atoms with E-state index in [1.165, 1.54) is 43.4 Å². The van der Waals surface area contributed by atoms with Crippen LogP contribution in [0, 0.1) is 0 Å². The van der Waals surface area contributed by atoms with Crippen LogP contribution in [0.5, 0.6) is 5.75 Å². The van der Waals surface area contributed by atoms with Crippen LogP contribution in [-0.4, -0.2) is 33.1 Å². The summed E-state index contributed by atoms with van der Waals surface area (Å²) in [5, 5.41) is 13.5. The monoisotopic (exact) mass is 436 g/mol. The summed E-state index contributed by atoms with van der Waals surface area (Å²) in [5.41, 5.74) is 4.01. The molecule has 0 aliphatic carbocycles. The van der Waals surface area contributed by atoms with Crippen LogP contribution in [0.25, 0.3) is 20.7 Å². The molecule has 152 valence electrons. The van der Waals surface area contributed by atoms with E-state index in [1.807, 2.05) is 0 Å². The quantitative estimate of drug-likeness (QED) is 0.398. The van der Waals surface area contributed by atoms with E-state index in [-0.39, 0.29) is 5.75 Å². The van der Waals surface area contributed by atoms with Gasteiger partial charge in [-0.3, -0.25) is 4.90 Å². The highest BCUT2D eigenvalue weighted by molar-refractivity contribution is 7.22. The first-order chi connectivity index (χ1) is 14.7. The van der Waals surface area contributed by atoms with E-state index < -0.39 is 0 Å². The number of benzene rings is 2. The van der Waals surface area contributed by atoms with Gasteiger partial charge in [0.25, 0.3) is 0 Å². The number of halogens is 1. The Morgan fingerprint density at radius 2 is 1.83 bits per heavy atom. The van der Waals surface area contributed by atoms with Crippen molar-refractivity contribution in [2.75, 3.05) is 18.4 Å². The fourth-order valence-electron chi connectivity index (χ4n) is 3.80. The van der Waals surface area contributed by atoms with Crippen molar-refractivity contribution in [3.63, 3.8) is 0 Å². The van der Waals surface area contributed by atoms with E-state index in [9.17, 15) is 5.11 Å². The summed E-state index contributed by atoms with van der Waals surface area (Å²) in [6, 6.07) is 15.7. The van der Waals surface area contributed by atoms with E-state index in [0.717, 1.165) is 21.6 Å². The van der Waals surface area contributed by atoms with Gasteiger partial charge < -0.3 is 10.4 Å². The van der Waals surface area contributed by atoms with Gasteiger partial charge in [-0.15, -0.1) is 11.3 Å². The molecule has 1 saturated heterocycles. The number of hydrogen-bond acceptors (Lipinski definition) is 6. The van der Waals surface area contributed by atoms with Crippen LogP contribution in [0.1, 0.15) is 18.4 Å². The number of nitrogens with zero attached hydrogens (tertiary/aromatic N) is 3.